The molecule has 25 heavy (non-hydrogen) atoms. The van der Waals surface area contributed by atoms with Gasteiger partial charge in [0.2, 0.25) is 0 Å². The van der Waals surface area contributed by atoms with Crippen LogP contribution in [0.1, 0.15) is 37.0 Å². The molecule has 128 valence electrons. The number of nitrogens with one attached hydrogen (secondary N) is 1. The molecule has 2 aromatic carbocycles. The summed E-state index contributed by atoms with van der Waals surface area (Å²) in [7, 11) is 0. The predicted molar refractivity (Wildman–Crippen MR) is 103 cm³/mol. The second-order valence-corrected chi connectivity index (χ2v) is 6.71. The summed E-state index contributed by atoms with van der Waals surface area (Å²) in [6.45, 7) is 7.25. The van der Waals surface area contributed by atoms with Gasteiger partial charge in [-0.3, -0.25) is 0 Å². The summed E-state index contributed by atoms with van der Waals surface area (Å²) in [6.07, 6.45) is 0. The molecule has 0 saturated heterocycles. The van der Waals surface area contributed by atoms with Crippen LogP contribution < -0.4 is 5.32 Å². The standard InChI is InChI=1S/C22H25N3/c1-16(2)21(23-15-18-10-6-4-7-11-18)22-24-17(3)14-20(25-22)19-12-8-5-9-13-19/h4-14,16,21,23H,15H2,1-3H3. The molecule has 0 aliphatic rings. The molecule has 1 unspecified atom stereocenters. The quantitative estimate of drug-likeness (QED) is 0.695. The average molecular weight is 331 g/mol. The highest BCUT2D eigenvalue weighted by molar-refractivity contribution is 5.59. The van der Waals surface area contributed by atoms with Crippen LogP contribution in [-0.2, 0) is 6.54 Å². The van der Waals surface area contributed by atoms with Crippen LogP contribution in [0.3, 0.4) is 0 Å². The van der Waals surface area contributed by atoms with Gasteiger partial charge in [0.1, 0.15) is 5.82 Å². The lowest BCUT2D eigenvalue weighted by Gasteiger charge is -2.22. The van der Waals surface area contributed by atoms with Crippen molar-refractivity contribution >= 4 is 0 Å². The second kappa shape index (κ2) is 8.04. The summed E-state index contributed by atoms with van der Waals surface area (Å²) in [6, 6.07) is 22.9. The molecule has 0 fully saturated rings. The number of nitrogens with zero attached hydrogens (tertiary/aromatic N) is 2. The van der Waals surface area contributed by atoms with Gasteiger partial charge < -0.3 is 5.32 Å². The normalized spacial score (nSPS) is 12.3. The third-order valence-electron chi connectivity index (χ3n) is 4.25. The number of benzene rings is 2. The smallest absolute Gasteiger partial charge is 0.146 e. The monoisotopic (exact) mass is 331 g/mol. The highest BCUT2D eigenvalue weighted by Crippen LogP contribution is 2.23. The average Bonchev–Trinajstić information content (AvgIpc) is 2.63. The van der Waals surface area contributed by atoms with Gasteiger partial charge in [-0.2, -0.15) is 0 Å². The Bertz CT molecular complexity index is 798. The van der Waals surface area contributed by atoms with E-state index in [2.05, 4.69) is 55.6 Å². The van der Waals surface area contributed by atoms with Crippen LogP contribution in [0.5, 0.6) is 0 Å². The molecule has 0 aliphatic heterocycles. The van der Waals surface area contributed by atoms with Crippen molar-refractivity contribution < 1.29 is 0 Å². The van der Waals surface area contributed by atoms with Crippen LogP contribution in [0, 0.1) is 12.8 Å². The highest BCUT2D eigenvalue weighted by atomic mass is 15.0. The highest BCUT2D eigenvalue weighted by Gasteiger charge is 2.19. The Hall–Kier alpha value is -2.52. The lowest BCUT2D eigenvalue weighted by Crippen LogP contribution is -2.27. The van der Waals surface area contributed by atoms with Crippen LogP contribution in [0.15, 0.2) is 66.7 Å². The van der Waals surface area contributed by atoms with E-state index in [-0.39, 0.29) is 6.04 Å². The Morgan fingerprint density at radius 3 is 2.16 bits per heavy atom. The van der Waals surface area contributed by atoms with E-state index < -0.39 is 0 Å². The summed E-state index contributed by atoms with van der Waals surface area (Å²) >= 11 is 0. The molecule has 0 radical (unpaired) electrons. The van der Waals surface area contributed by atoms with E-state index >= 15 is 0 Å². The zero-order chi connectivity index (χ0) is 17.6. The largest absolute Gasteiger partial charge is 0.303 e. The molecule has 1 heterocycles. The second-order valence-electron chi connectivity index (χ2n) is 6.71. The van der Waals surface area contributed by atoms with Crippen molar-refractivity contribution in [2.75, 3.05) is 0 Å². The minimum atomic E-state index is 0.113. The number of aromatic nitrogens is 2. The first-order valence-electron chi connectivity index (χ1n) is 8.82. The van der Waals surface area contributed by atoms with Crippen molar-refractivity contribution in [2.24, 2.45) is 5.92 Å². The Kier molecular flexibility index (Phi) is 5.56. The molecule has 0 saturated carbocycles. The van der Waals surface area contributed by atoms with Gasteiger partial charge >= 0.3 is 0 Å². The zero-order valence-corrected chi connectivity index (χ0v) is 15.1. The fourth-order valence-electron chi connectivity index (χ4n) is 2.94. The molecule has 1 atom stereocenters. The van der Waals surface area contributed by atoms with E-state index in [1.807, 2.05) is 37.3 Å². The maximum Gasteiger partial charge on any atom is 0.146 e. The summed E-state index contributed by atoms with van der Waals surface area (Å²) in [5.74, 6) is 1.26. The van der Waals surface area contributed by atoms with Crippen molar-refractivity contribution in [1.82, 2.24) is 15.3 Å². The molecule has 3 nitrogen and oxygen atoms in total. The van der Waals surface area contributed by atoms with Crippen LogP contribution in [0.2, 0.25) is 0 Å². The van der Waals surface area contributed by atoms with E-state index in [1.54, 1.807) is 0 Å². The summed E-state index contributed by atoms with van der Waals surface area (Å²) in [4.78, 5) is 9.58. The molecular weight excluding hydrogens is 306 g/mol. The van der Waals surface area contributed by atoms with Crippen molar-refractivity contribution in [3.63, 3.8) is 0 Å². The number of hydrogen-bond acceptors (Lipinski definition) is 3. The molecule has 1 aromatic heterocycles. The van der Waals surface area contributed by atoms with E-state index in [9.17, 15) is 0 Å². The Morgan fingerprint density at radius 2 is 1.52 bits per heavy atom. The van der Waals surface area contributed by atoms with Gasteiger partial charge in [0.05, 0.1) is 11.7 Å². The van der Waals surface area contributed by atoms with Gasteiger partial charge in [0, 0.05) is 17.8 Å². The summed E-state index contributed by atoms with van der Waals surface area (Å²) in [5, 5.41) is 3.63. The molecule has 0 spiro atoms. The third-order valence-corrected chi connectivity index (χ3v) is 4.25. The fourth-order valence-corrected chi connectivity index (χ4v) is 2.94. The third kappa shape index (κ3) is 4.52. The predicted octanol–water partition coefficient (Wildman–Crippen LogP) is 4.94. The first kappa shape index (κ1) is 17.3. The van der Waals surface area contributed by atoms with Crippen molar-refractivity contribution in [3.05, 3.63) is 83.8 Å². The maximum absolute atomic E-state index is 4.86. The van der Waals surface area contributed by atoms with E-state index in [4.69, 9.17) is 9.97 Å². The van der Waals surface area contributed by atoms with Crippen molar-refractivity contribution in [3.8, 4) is 11.3 Å². The first-order valence-corrected chi connectivity index (χ1v) is 8.82. The minimum absolute atomic E-state index is 0.113. The topological polar surface area (TPSA) is 37.8 Å². The number of aryl methyl sites for hydroxylation is 1. The summed E-state index contributed by atoms with van der Waals surface area (Å²) in [5.41, 5.74) is 4.37. The fraction of sp³-hybridized carbons (Fsp3) is 0.273. The van der Waals surface area contributed by atoms with E-state index in [0.29, 0.717) is 5.92 Å². The van der Waals surface area contributed by atoms with Crippen LogP contribution in [0.25, 0.3) is 11.3 Å². The molecule has 3 heteroatoms. The molecule has 0 bridgehead atoms. The van der Waals surface area contributed by atoms with Gasteiger partial charge in [-0.1, -0.05) is 74.5 Å². The Morgan fingerprint density at radius 1 is 0.880 bits per heavy atom. The Balaban J connectivity index is 1.87. The first-order chi connectivity index (χ1) is 12.1. The van der Waals surface area contributed by atoms with Crippen molar-refractivity contribution in [2.45, 2.75) is 33.4 Å². The summed E-state index contributed by atoms with van der Waals surface area (Å²) < 4.78 is 0. The van der Waals surface area contributed by atoms with Crippen LogP contribution in [0.4, 0.5) is 0 Å². The van der Waals surface area contributed by atoms with Crippen molar-refractivity contribution in [1.29, 1.82) is 0 Å². The maximum atomic E-state index is 4.86. The number of rotatable bonds is 6. The molecular formula is C22H25N3. The molecule has 0 aliphatic carbocycles. The van der Waals surface area contributed by atoms with Crippen LogP contribution >= 0.6 is 0 Å². The van der Waals surface area contributed by atoms with E-state index in [1.165, 1.54) is 5.56 Å². The number of hydrogen-bond donors (Lipinski definition) is 1. The lowest BCUT2D eigenvalue weighted by atomic mass is 10.0. The van der Waals surface area contributed by atoms with Gasteiger partial charge in [-0.05, 0) is 24.5 Å². The SMILES string of the molecule is Cc1cc(-c2ccccc2)nc(C(NCc2ccccc2)C(C)C)n1. The molecule has 3 aromatic rings. The van der Waals surface area contributed by atoms with Gasteiger partial charge in [-0.25, -0.2) is 9.97 Å². The van der Waals surface area contributed by atoms with Gasteiger partial charge in [0.25, 0.3) is 0 Å². The lowest BCUT2D eigenvalue weighted by molar-refractivity contribution is 0.392. The minimum Gasteiger partial charge on any atom is -0.303 e. The molecule has 3 rings (SSSR count). The Labute approximate surface area is 150 Å². The van der Waals surface area contributed by atoms with E-state index in [0.717, 1.165) is 29.3 Å². The molecule has 0 amide bonds. The zero-order valence-electron chi connectivity index (χ0n) is 15.1. The molecule has 1 N–H and O–H groups in total. The van der Waals surface area contributed by atoms with Gasteiger partial charge in [-0.15, -0.1) is 0 Å². The van der Waals surface area contributed by atoms with Gasteiger partial charge in [0.15, 0.2) is 0 Å². The van der Waals surface area contributed by atoms with Crippen LogP contribution in [-0.4, -0.2) is 9.97 Å².